The number of hydrogen-bond acceptors (Lipinski definition) is 4. The van der Waals surface area contributed by atoms with Crippen molar-refractivity contribution in [1.29, 1.82) is 5.41 Å². The minimum absolute atomic E-state index is 0.0631. The summed E-state index contributed by atoms with van der Waals surface area (Å²) in [5.74, 6) is 0.935. The number of pyridine rings is 1. The fourth-order valence-electron chi connectivity index (χ4n) is 1.61. The van der Waals surface area contributed by atoms with Gasteiger partial charge in [0, 0.05) is 32.0 Å². The zero-order valence-electron chi connectivity index (χ0n) is 10.9. The van der Waals surface area contributed by atoms with Gasteiger partial charge in [0.2, 0.25) is 5.88 Å². The fraction of sp³-hybridized carbons (Fsp3) is 0.143. The Labute approximate surface area is 112 Å². The molecule has 0 saturated heterocycles. The first-order valence-corrected chi connectivity index (χ1v) is 5.82. The summed E-state index contributed by atoms with van der Waals surface area (Å²) in [6, 6.07) is 11.1. The van der Waals surface area contributed by atoms with E-state index in [4.69, 9.17) is 15.9 Å². The molecule has 0 atom stereocenters. The Morgan fingerprint density at radius 2 is 2.05 bits per heavy atom. The summed E-state index contributed by atoms with van der Waals surface area (Å²) in [5.41, 5.74) is 7.01. The van der Waals surface area contributed by atoms with Crippen LogP contribution in [0.1, 0.15) is 5.56 Å². The lowest BCUT2D eigenvalue weighted by Gasteiger charge is -2.14. The average Bonchev–Trinajstić information content (AvgIpc) is 2.39. The maximum atomic E-state index is 7.50. The van der Waals surface area contributed by atoms with Crippen molar-refractivity contribution in [3.63, 3.8) is 0 Å². The molecule has 0 aliphatic carbocycles. The van der Waals surface area contributed by atoms with E-state index in [0.29, 0.717) is 17.2 Å². The Kier molecular flexibility index (Phi) is 3.66. The molecule has 0 radical (unpaired) electrons. The van der Waals surface area contributed by atoms with Crippen LogP contribution in [0.2, 0.25) is 0 Å². The van der Waals surface area contributed by atoms with E-state index in [1.54, 1.807) is 18.3 Å². The van der Waals surface area contributed by atoms with Crippen molar-refractivity contribution in [2.24, 2.45) is 5.73 Å². The first-order valence-electron chi connectivity index (χ1n) is 5.82. The van der Waals surface area contributed by atoms with E-state index in [1.165, 1.54) is 0 Å². The molecule has 1 aromatic carbocycles. The van der Waals surface area contributed by atoms with Crippen LogP contribution in [0, 0.1) is 5.41 Å². The van der Waals surface area contributed by atoms with Gasteiger partial charge in [-0.25, -0.2) is 4.98 Å². The topological polar surface area (TPSA) is 75.2 Å². The highest BCUT2D eigenvalue weighted by molar-refractivity contribution is 5.97. The van der Waals surface area contributed by atoms with Crippen LogP contribution < -0.4 is 15.4 Å². The predicted molar refractivity (Wildman–Crippen MR) is 76.1 cm³/mol. The minimum Gasteiger partial charge on any atom is -0.438 e. The molecule has 0 saturated carbocycles. The van der Waals surface area contributed by atoms with Crippen molar-refractivity contribution in [2.45, 2.75) is 0 Å². The van der Waals surface area contributed by atoms with E-state index in [-0.39, 0.29) is 5.84 Å². The molecule has 0 spiro atoms. The summed E-state index contributed by atoms with van der Waals surface area (Å²) in [7, 11) is 3.92. The van der Waals surface area contributed by atoms with Gasteiger partial charge in [0.1, 0.15) is 11.6 Å². The maximum Gasteiger partial charge on any atom is 0.230 e. The number of aromatic nitrogens is 1. The van der Waals surface area contributed by atoms with Crippen LogP contribution in [0.3, 0.4) is 0 Å². The molecule has 1 aromatic heterocycles. The number of benzene rings is 1. The van der Waals surface area contributed by atoms with Crippen LogP contribution in [-0.2, 0) is 0 Å². The number of hydrogen-bond donors (Lipinski definition) is 2. The lowest BCUT2D eigenvalue weighted by molar-refractivity contribution is 0.462. The van der Waals surface area contributed by atoms with Crippen LogP contribution in [0.5, 0.6) is 11.6 Å². The van der Waals surface area contributed by atoms with Crippen molar-refractivity contribution < 1.29 is 4.74 Å². The smallest absolute Gasteiger partial charge is 0.230 e. The number of anilines is 1. The highest BCUT2D eigenvalue weighted by atomic mass is 16.5. The average molecular weight is 256 g/mol. The molecule has 0 amide bonds. The zero-order valence-corrected chi connectivity index (χ0v) is 10.9. The number of nitrogens with two attached hydrogens (primary N) is 1. The Morgan fingerprint density at radius 1 is 1.26 bits per heavy atom. The molecular weight excluding hydrogens is 240 g/mol. The van der Waals surface area contributed by atoms with Crippen molar-refractivity contribution in [1.82, 2.24) is 4.98 Å². The monoisotopic (exact) mass is 256 g/mol. The number of nitrogen functional groups attached to an aromatic ring is 1. The number of nitrogens with zero attached hydrogens (tertiary/aromatic N) is 2. The Morgan fingerprint density at radius 3 is 2.74 bits per heavy atom. The molecule has 2 aromatic rings. The second-order valence-corrected chi connectivity index (χ2v) is 4.26. The third kappa shape index (κ3) is 3.01. The summed E-state index contributed by atoms with van der Waals surface area (Å²) in [6.45, 7) is 0. The number of nitrogens with one attached hydrogen (secondary N) is 1. The maximum absolute atomic E-state index is 7.50. The fourth-order valence-corrected chi connectivity index (χ4v) is 1.61. The van der Waals surface area contributed by atoms with Gasteiger partial charge in [-0.15, -0.1) is 0 Å². The van der Waals surface area contributed by atoms with Gasteiger partial charge in [-0.3, -0.25) is 5.41 Å². The van der Waals surface area contributed by atoms with E-state index >= 15 is 0 Å². The molecule has 0 fully saturated rings. The van der Waals surface area contributed by atoms with Crippen LogP contribution in [0.15, 0.2) is 42.6 Å². The number of rotatable bonds is 4. The summed E-state index contributed by atoms with van der Waals surface area (Å²) in [6.07, 6.45) is 1.61. The van der Waals surface area contributed by atoms with Crippen molar-refractivity contribution in [3.8, 4) is 11.6 Å². The van der Waals surface area contributed by atoms with Gasteiger partial charge in [0.15, 0.2) is 0 Å². The molecule has 98 valence electrons. The molecule has 2 rings (SSSR count). The van der Waals surface area contributed by atoms with Crippen molar-refractivity contribution >= 4 is 11.5 Å². The highest BCUT2D eigenvalue weighted by Gasteiger charge is 2.09. The molecule has 19 heavy (non-hydrogen) atoms. The standard InChI is InChI=1S/C14H16N4O/c1-18(2)10-5-3-6-11(9-10)19-14-12(13(15)16)7-4-8-17-14/h3-9H,1-2H3,(H3,15,16). The van der Waals surface area contributed by atoms with Gasteiger partial charge in [-0.1, -0.05) is 6.07 Å². The molecule has 1 heterocycles. The van der Waals surface area contributed by atoms with Gasteiger partial charge in [0.05, 0.1) is 5.56 Å². The summed E-state index contributed by atoms with van der Waals surface area (Å²) in [5, 5.41) is 7.50. The van der Waals surface area contributed by atoms with Gasteiger partial charge < -0.3 is 15.4 Å². The minimum atomic E-state index is -0.0631. The molecular formula is C14H16N4O. The van der Waals surface area contributed by atoms with E-state index in [2.05, 4.69) is 4.98 Å². The summed E-state index contributed by atoms with van der Waals surface area (Å²) in [4.78, 5) is 6.10. The molecule has 5 nitrogen and oxygen atoms in total. The predicted octanol–water partition coefficient (Wildman–Crippen LogP) is 2.22. The molecule has 0 aliphatic heterocycles. The van der Waals surface area contributed by atoms with E-state index in [9.17, 15) is 0 Å². The highest BCUT2D eigenvalue weighted by Crippen LogP contribution is 2.25. The SMILES string of the molecule is CN(C)c1cccc(Oc2ncccc2C(=N)N)c1. The van der Waals surface area contributed by atoms with Crippen LogP contribution in [-0.4, -0.2) is 24.9 Å². The third-order valence-electron chi connectivity index (χ3n) is 2.61. The van der Waals surface area contributed by atoms with Gasteiger partial charge in [0.25, 0.3) is 0 Å². The summed E-state index contributed by atoms with van der Waals surface area (Å²) < 4.78 is 5.70. The second kappa shape index (κ2) is 5.39. The number of ether oxygens (including phenoxy) is 1. The Balaban J connectivity index is 2.31. The van der Waals surface area contributed by atoms with E-state index in [0.717, 1.165) is 5.69 Å². The van der Waals surface area contributed by atoms with Gasteiger partial charge >= 0.3 is 0 Å². The van der Waals surface area contributed by atoms with Gasteiger partial charge in [-0.05, 0) is 24.3 Å². The lowest BCUT2D eigenvalue weighted by Crippen LogP contribution is -2.13. The zero-order chi connectivity index (χ0) is 13.8. The Hall–Kier alpha value is -2.56. The number of amidine groups is 1. The van der Waals surface area contributed by atoms with Crippen molar-refractivity contribution in [2.75, 3.05) is 19.0 Å². The van der Waals surface area contributed by atoms with E-state index < -0.39 is 0 Å². The molecule has 0 aliphatic rings. The first-order chi connectivity index (χ1) is 9.08. The summed E-state index contributed by atoms with van der Waals surface area (Å²) >= 11 is 0. The molecule has 5 heteroatoms. The van der Waals surface area contributed by atoms with Crippen LogP contribution in [0.4, 0.5) is 5.69 Å². The van der Waals surface area contributed by atoms with Crippen LogP contribution >= 0.6 is 0 Å². The first kappa shape index (κ1) is 12.9. The normalized spacial score (nSPS) is 10.0. The third-order valence-corrected chi connectivity index (χ3v) is 2.61. The Bertz CT molecular complexity index is 596. The quantitative estimate of drug-likeness (QED) is 0.649. The lowest BCUT2D eigenvalue weighted by atomic mass is 10.2. The molecule has 0 bridgehead atoms. The van der Waals surface area contributed by atoms with E-state index in [1.807, 2.05) is 43.3 Å². The largest absolute Gasteiger partial charge is 0.438 e. The van der Waals surface area contributed by atoms with Crippen molar-refractivity contribution in [3.05, 3.63) is 48.2 Å². The second-order valence-electron chi connectivity index (χ2n) is 4.26. The molecule has 0 unspecified atom stereocenters. The molecule has 3 N–H and O–H groups in total. The van der Waals surface area contributed by atoms with Gasteiger partial charge in [-0.2, -0.15) is 0 Å². The van der Waals surface area contributed by atoms with Crippen LogP contribution in [0.25, 0.3) is 0 Å².